The summed E-state index contributed by atoms with van der Waals surface area (Å²) in [5.74, 6) is 0.463. The van der Waals surface area contributed by atoms with Crippen LogP contribution in [-0.4, -0.2) is 21.9 Å². The van der Waals surface area contributed by atoms with Crippen molar-refractivity contribution in [1.82, 2.24) is 9.97 Å². The molecule has 0 aliphatic carbocycles. The summed E-state index contributed by atoms with van der Waals surface area (Å²) in [5, 5.41) is 14.3. The Labute approximate surface area is 125 Å². The van der Waals surface area contributed by atoms with Gasteiger partial charge in [-0.05, 0) is 18.6 Å². The molecule has 2 N–H and O–H groups in total. The van der Waals surface area contributed by atoms with Gasteiger partial charge in [-0.1, -0.05) is 11.8 Å². The van der Waals surface area contributed by atoms with Gasteiger partial charge in [0.25, 0.3) is 11.2 Å². The third-order valence-electron chi connectivity index (χ3n) is 2.78. The van der Waals surface area contributed by atoms with Crippen LogP contribution in [0.4, 0.5) is 11.4 Å². The second-order valence-electron chi connectivity index (χ2n) is 4.33. The van der Waals surface area contributed by atoms with Gasteiger partial charge in [0.2, 0.25) is 0 Å². The van der Waals surface area contributed by atoms with E-state index in [1.165, 1.54) is 30.0 Å². The van der Waals surface area contributed by atoms with Gasteiger partial charge in [-0.2, -0.15) is 0 Å². The summed E-state index contributed by atoms with van der Waals surface area (Å²) < 4.78 is 0. The number of hydrogen-bond acceptors (Lipinski definition) is 6. The first-order valence-corrected chi connectivity index (χ1v) is 7.14. The summed E-state index contributed by atoms with van der Waals surface area (Å²) >= 11 is 1.32. The molecule has 0 saturated carbocycles. The van der Waals surface area contributed by atoms with Crippen molar-refractivity contribution in [3.8, 4) is 0 Å². The monoisotopic (exact) mass is 306 g/mol. The van der Waals surface area contributed by atoms with Gasteiger partial charge in [0.15, 0.2) is 5.16 Å². The van der Waals surface area contributed by atoms with Crippen molar-refractivity contribution in [2.75, 3.05) is 12.4 Å². The van der Waals surface area contributed by atoms with E-state index in [2.05, 4.69) is 15.3 Å². The lowest BCUT2D eigenvalue weighted by Gasteiger charge is -2.08. The molecule has 2 rings (SSSR count). The second-order valence-corrected chi connectivity index (χ2v) is 5.29. The SMILES string of the molecule is CNc1ccc([N+](=O)[O-])cc1CSc1nc(C)cc(=O)[nH]1. The fourth-order valence-corrected chi connectivity index (χ4v) is 2.74. The molecule has 2 aromatic rings. The number of thioether (sulfide) groups is 1. The van der Waals surface area contributed by atoms with Gasteiger partial charge < -0.3 is 10.3 Å². The van der Waals surface area contributed by atoms with Crippen molar-refractivity contribution >= 4 is 23.1 Å². The molecule has 110 valence electrons. The summed E-state index contributed by atoms with van der Waals surface area (Å²) in [4.78, 5) is 28.6. The first-order valence-electron chi connectivity index (χ1n) is 6.15. The fourth-order valence-electron chi connectivity index (χ4n) is 1.82. The van der Waals surface area contributed by atoms with Crippen LogP contribution in [0.1, 0.15) is 11.3 Å². The van der Waals surface area contributed by atoms with E-state index in [1.54, 1.807) is 20.0 Å². The predicted molar refractivity (Wildman–Crippen MR) is 81.8 cm³/mol. The van der Waals surface area contributed by atoms with Crippen molar-refractivity contribution in [2.45, 2.75) is 17.8 Å². The third-order valence-corrected chi connectivity index (χ3v) is 3.70. The molecule has 0 bridgehead atoms. The standard InChI is InChI=1S/C13H14N4O3S/c1-8-5-12(18)16-13(15-8)21-7-9-6-10(17(19)20)3-4-11(9)14-2/h3-6,14H,7H2,1-2H3,(H,15,16,18). The average molecular weight is 306 g/mol. The Bertz CT molecular complexity index is 730. The second kappa shape index (κ2) is 6.40. The van der Waals surface area contributed by atoms with E-state index in [0.29, 0.717) is 16.6 Å². The Kier molecular flexibility index (Phi) is 4.59. The van der Waals surface area contributed by atoms with Crippen LogP contribution >= 0.6 is 11.8 Å². The summed E-state index contributed by atoms with van der Waals surface area (Å²) in [5.41, 5.74) is 2.05. The smallest absolute Gasteiger partial charge is 0.269 e. The summed E-state index contributed by atoms with van der Waals surface area (Å²) in [6, 6.07) is 6.05. The molecule has 8 heteroatoms. The highest BCUT2D eigenvalue weighted by Gasteiger charge is 2.11. The molecule has 7 nitrogen and oxygen atoms in total. The Hall–Kier alpha value is -2.35. The van der Waals surface area contributed by atoms with Crippen LogP contribution in [0.25, 0.3) is 0 Å². The quantitative estimate of drug-likeness (QED) is 0.380. The zero-order chi connectivity index (χ0) is 15.4. The lowest BCUT2D eigenvalue weighted by atomic mass is 10.2. The number of H-pyrrole nitrogens is 1. The Balaban J connectivity index is 2.23. The highest BCUT2D eigenvalue weighted by Crippen LogP contribution is 2.27. The summed E-state index contributed by atoms with van der Waals surface area (Å²) in [6.45, 7) is 1.74. The van der Waals surface area contributed by atoms with Crippen molar-refractivity contribution in [3.63, 3.8) is 0 Å². The lowest BCUT2D eigenvalue weighted by molar-refractivity contribution is -0.384. The Morgan fingerprint density at radius 3 is 2.81 bits per heavy atom. The van der Waals surface area contributed by atoms with Crippen LogP contribution < -0.4 is 10.9 Å². The largest absolute Gasteiger partial charge is 0.388 e. The summed E-state index contributed by atoms with van der Waals surface area (Å²) in [6.07, 6.45) is 0. The third kappa shape index (κ3) is 3.82. The molecule has 0 aliphatic rings. The van der Waals surface area contributed by atoms with Crippen molar-refractivity contribution in [3.05, 3.63) is 56.0 Å². The minimum Gasteiger partial charge on any atom is -0.388 e. The fraction of sp³-hybridized carbons (Fsp3) is 0.231. The molecule has 0 saturated heterocycles. The van der Waals surface area contributed by atoms with Crippen molar-refractivity contribution in [1.29, 1.82) is 0 Å². The minimum atomic E-state index is -0.430. The number of nitro benzene ring substituents is 1. The van der Waals surface area contributed by atoms with Gasteiger partial charge in [-0.3, -0.25) is 14.9 Å². The van der Waals surface area contributed by atoms with Gasteiger partial charge in [0, 0.05) is 42.4 Å². The first-order chi connectivity index (χ1) is 9.99. The maximum Gasteiger partial charge on any atom is 0.269 e. The highest BCUT2D eigenvalue weighted by atomic mass is 32.2. The predicted octanol–water partition coefficient (Wildman–Crippen LogP) is 2.32. The maximum atomic E-state index is 11.4. The molecule has 0 amide bonds. The number of nitrogens with zero attached hydrogens (tertiary/aromatic N) is 2. The molecular weight excluding hydrogens is 292 g/mol. The van der Waals surface area contributed by atoms with Crippen LogP contribution in [0.2, 0.25) is 0 Å². The number of anilines is 1. The van der Waals surface area contributed by atoms with Gasteiger partial charge in [-0.15, -0.1) is 0 Å². The Morgan fingerprint density at radius 1 is 1.43 bits per heavy atom. The molecule has 0 aliphatic heterocycles. The molecule has 0 spiro atoms. The van der Waals surface area contributed by atoms with Gasteiger partial charge in [0.1, 0.15) is 0 Å². The number of hydrogen-bond donors (Lipinski definition) is 2. The van der Waals surface area contributed by atoms with Crippen LogP contribution in [-0.2, 0) is 5.75 Å². The lowest BCUT2D eigenvalue weighted by Crippen LogP contribution is -2.08. The molecule has 0 unspecified atom stereocenters. The number of aryl methyl sites for hydroxylation is 1. The van der Waals surface area contributed by atoms with Crippen LogP contribution in [0.3, 0.4) is 0 Å². The molecule has 0 radical (unpaired) electrons. The zero-order valence-electron chi connectivity index (χ0n) is 11.5. The van der Waals surface area contributed by atoms with E-state index >= 15 is 0 Å². The molecule has 21 heavy (non-hydrogen) atoms. The topological polar surface area (TPSA) is 101 Å². The van der Waals surface area contributed by atoms with Gasteiger partial charge in [0.05, 0.1) is 4.92 Å². The molecule has 0 fully saturated rings. The number of aromatic amines is 1. The van der Waals surface area contributed by atoms with E-state index in [9.17, 15) is 14.9 Å². The highest BCUT2D eigenvalue weighted by molar-refractivity contribution is 7.98. The van der Waals surface area contributed by atoms with E-state index < -0.39 is 4.92 Å². The van der Waals surface area contributed by atoms with E-state index in [-0.39, 0.29) is 11.2 Å². The molecule has 1 aromatic carbocycles. The van der Waals surface area contributed by atoms with Crippen LogP contribution in [0.15, 0.2) is 34.2 Å². The van der Waals surface area contributed by atoms with E-state index in [0.717, 1.165) is 11.3 Å². The van der Waals surface area contributed by atoms with Crippen molar-refractivity contribution < 1.29 is 4.92 Å². The van der Waals surface area contributed by atoms with Gasteiger partial charge >= 0.3 is 0 Å². The summed E-state index contributed by atoms with van der Waals surface area (Å²) in [7, 11) is 1.75. The molecule has 0 atom stereocenters. The molecule has 1 heterocycles. The number of benzene rings is 1. The number of rotatable bonds is 5. The van der Waals surface area contributed by atoms with E-state index in [1.807, 2.05) is 0 Å². The Morgan fingerprint density at radius 2 is 2.19 bits per heavy atom. The van der Waals surface area contributed by atoms with Crippen LogP contribution in [0, 0.1) is 17.0 Å². The van der Waals surface area contributed by atoms with Crippen molar-refractivity contribution in [2.24, 2.45) is 0 Å². The number of nitrogens with one attached hydrogen (secondary N) is 2. The van der Waals surface area contributed by atoms with Crippen LogP contribution in [0.5, 0.6) is 0 Å². The number of aromatic nitrogens is 2. The number of nitro groups is 1. The maximum absolute atomic E-state index is 11.4. The normalized spacial score (nSPS) is 10.4. The van der Waals surface area contributed by atoms with E-state index in [4.69, 9.17) is 0 Å². The zero-order valence-corrected chi connectivity index (χ0v) is 12.4. The average Bonchev–Trinajstić information content (AvgIpc) is 2.43. The molecular formula is C13H14N4O3S. The first kappa shape index (κ1) is 15.0. The van der Waals surface area contributed by atoms with Gasteiger partial charge in [-0.25, -0.2) is 4.98 Å². The molecule has 1 aromatic heterocycles. The minimum absolute atomic E-state index is 0.0373. The number of non-ortho nitro benzene ring substituents is 1.